The molecule has 0 bridgehead atoms. The van der Waals surface area contributed by atoms with E-state index in [1.54, 1.807) is 30.5 Å². The lowest BCUT2D eigenvalue weighted by Gasteiger charge is -2.40. The third kappa shape index (κ3) is 5.61. The van der Waals surface area contributed by atoms with E-state index in [1.165, 1.54) is 20.8 Å². The van der Waals surface area contributed by atoms with E-state index in [2.05, 4.69) is 15.6 Å². The summed E-state index contributed by atoms with van der Waals surface area (Å²) in [5, 5.41) is 6.81. The number of para-hydroxylation sites is 2. The number of nitrogens with zero attached hydrogens (tertiary/aromatic N) is 3. The molecule has 7 rings (SSSR count). The van der Waals surface area contributed by atoms with E-state index in [-0.39, 0.29) is 30.6 Å². The van der Waals surface area contributed by atoms with Gasteiger partial charge in [0.1, 0.15) is 10.9 Å². The normalized spacial score (nSPS) is 18.2. The highest BCUT2D eigenvalue weighted by Crippen LogP contribution is 2.33. The van der Waals surface area contributed by atoms with E-state index in [0.717, 1.165) is 29.5 Å². The van der Waals surface area contributed by atoms with Gasteiger partial charge in [-0.3, -0.25) is 9.78 Å². The van der Waals surface area contributed by atoms with E-state index in [0.29, 0.717) is 16.6 Å². The lowest BCUT2D eigenvalue weighted by atomic mass is 10.0. The Morgan fingerprint density at radius 3 is 2.43 bits per heavy atom. The molecular formula is C36H33N5O4S. The number of rotatable bonds is 6. The molecule has 3 amide bonds. The lowest BCUT2D eigenvalue weighted by molar-refractivity contribution is -0.126. The molecule has 1 fully saturated rings. The maximum Gasteiger partial charge on any atom is 0.321 e. The van der Waals surface area contributed by atoms with Crippen LogP contribution >= 0.6 is 0 Å². The molecule has 4 aromatic carbocycles. The summed E-state index contributed by atoms with van der Waals surface area (Å²) < 4.78 is 29.8. The first kappa shape index (κ1) is 29.6. The molecule has 2 heterocycles. The summed E-state index contributed by atoms with van der Waals surface area (Å²) in [5.41, 5.74) is 4.97. The van der Waals surface area contributed by atoms with Crippen LogP contribution in [0.2, 0.25) is 0 Å². The van der Waals surface area contributed by atoms with Crippen LogP contribution in [0.1, 0.15) is 23.6 Å². The Morgan fingerprint density at radius 1 is 0.804 bits per heavy atom. The second-order valence-electron chi connectivity index (χ2n) is 11.5. The zero-order valence-electron chi connectivity index (χ0n) is 25.0. The summed E-state index contributed by atoms with van der Waals surface area (Å²) in [4.78, 5) is 33.7. The van der Waals surface area contributed by atoms with Crippen molar-refractivity contribution in [2.45, 2.75) is 29.8 Å². The molecule has 0 radical (unpaired) electrons. The maximum absolute atomic E-state index is 14.3. The molecule has 2 N–H and O–H groups in total. The fourth-order valence-corrected chi connectivity index (χ4v) is 8.23. The quantitative estimate of drug-likeness (QED) is 0.253. The van der Waals surface area contributed by atoms with Gasteiger partial charge in [0.05, 0.1) is 17.2 Å². The number of aromatic nitrogens is 1. The molecule has 5 aromatic rings. The molecule has 2 aliphatic rings. The average Bonchev–Trinajstić information content (AvgIpc) is 3.50. The minimum Gasteiger partial charge on any atom is -0.348 e. The summed E-state index contributed by atoms with van der Waals surface area (Å²) in [6.07, 6.45) is 3.10. The zero-order chi connectivity index (χ0) is 31.7. The standard InChI is InChI=1S/C36H33N5O4S/c42-35(38-31-20-19-26-12-4-5-15-29(26)31)32-24-40(36(43)39-30-17-7-6-16-28(30)25-10-2-1-3-11-25)22-23-41(32)46(44,45)33-18-8-13-27-14-9-21-37-34(27)33/h1-18,21,31-32H,19-20,22-24H2,(H,38,42)(H,39,43). The Labute approximate surface area is 267 Å². The van der Waals surface area contributed by atoms with Crippen molar-refractivity contribution >= 4 is 38.6 Å². The van der Waals surface area contributed by atoms with Gasteiger partial charge in [0, 0.05) is 36.8 Å². The minimum atomic E-state index is -4.18. The Morgan fingerprint density at radius 2 is 1.57 bits per heavy atom. The highest BCUT2D eigenvalue weighted by Gasteiger charge is 2.43. The predicted octanol–water partition coefficient (Wildman–Crippen LogP) is 5.61. The number of carbonyl (C=O) groups is 2. The fourth-order valence-electron chi connectivity index (χ4n) is 6.49. The smallest absolute Gasteiger partial charge is 0.321 e. The summed E-state index contributed by atoms with van der Waals surface area (Å²) >= 11 is 0. The van der Waals surface area contributed by atoms with Crippen LogP contribution in [0.15, 0.2) is 120 Å². The molecule has 1 aromatic heterocycles. The van der Waals surface area contributed by atoms with Crippen molar-refractivity contribution < 1.29 is 18.0 Å². The monoisotopic (exact) mass is 631 g/mol. The first-order valence-corrected chi connectivity index (χ1v) is 16.8. The number of hydrogen-bond acceptors (Lipinski definition) is 5. The van der Waals surface area contributed by atoms with Crippen LogP contribution in [0.4, 0.5) is 10.5 Å². The number of fused-ring (bicyclic) bond motifs is 2. The Bertz CT molecular complexity index is 2030. The van der Waals surface area contributed by atoms with Gasteiger partial charge in [-0.1, -0.05) is 91.0 Å². The van der Waals surface area contributed by atoms with E-state index in [9.17, 15) is 18.0 Å². The van der Waals surface area contributed by atoms with E-state index in [4.69, 9.17) is 0 Å². The van der Waals surface area contributed by atoms with E-state index >= 15 is 0 Å². The van der Waals surface area contributed by atoms with Gasteiger partial charge < -0.3 is 15.5 Å². The van der Waals surface area contributed by atoms with Crippen LogP contribution in [-0.2, 0) is 21.2 Å². The van der Waals surface area contributed by atoms with E-state index < -0.39 is 28.0 Å². The van der Waals surface area contributed by atoms with Crippen molar-refractivity contribution in [2.24, 2.45) is 0 Å². The molecule has 0 spiro atoms. The highest BCUT2D eigenvalue weighted by atomic mass is 32.2. The largest absolute Gasteiger partial charge is 0.348 e. The SMILES string of the molecule is O=C(NC1CCc2ccccc21)C1CN(C(=O)Nc2ccccc2-c2ccccc2)CCN1S(=O)(=O)c1cccc2cccnc12. The van der Waals surface area contributed by atoms with Crippen molar-refractivity contribution in [3.05, 3.63) is 127 Å². The molecular weight excluding hydrogens is 598 g/mol. The van der Waals surface area contributed by atoms with Gasteiger partial charge in [-0.2, -0.15) is 4.31 Å². The molecule has 1 aliphatic carbocycles. The number of piperazine rings is 1. The Balaban J connectivity index is 1.19. The van der Waals surface area contributed by atoms with Crippen LogP contribution in [0.25, 0.3) is 22.0 Å². The molecule has 232 valence electrons. The molecule has 9 nitrogen and oxygen atoms in total. The van der Waals surface area contributed by atoms with Crippen molar-refractivity contribution in [3.63, 3.8) is 0 Å². The molecule has 1 saturated heterocycles. The maximum atomic E-state index is 14.3. The Hall–Kier alpha value is -5.06. The number of hydrogen-bond donors (Lipinski definition) is 2. The number of urea groups is 1. The molecule has 10 heteroatoms. The van der Waals surface area contributed by atoms with Gasteiger partial charge in [0.25, 0.3) is 0 Å². The van der Waals surface area contributed by atoms with Crippen molar-refractivity contribution in [2.75, 3.05) is 25.0 Å². The van der Waals surface area contributed by atoms with Gasteiger partial charge in [-0.15, -0.1) is 0 Å². The van der Waals surface area contributed by atoms with Gasteiger partial charge in [-0.25, -0.2) is 13.2 Å². The van der Waals surface area contributed by atoms with Crippen LogP contribution in [-0.4, -0.2) is 60.2 Å². The van der Waals surface area contributed by atoms with Crippen LogP contribution < -0.4 is 10.6 Å². The summed E-state index contributed by atoms with van der Waals surface area (Å²) in [6, 6.07) is 32.0. The second kappa shape index (κ2) is 12.4. The number of carbonyl (C=O) groups excluding carboxylic acids is 2. The number of anilines is 1. The number of benzene rings is 4. The number of nitrogens with one attached hydrogen (secondary N) is 2. The number of amides is 3. The van der Waals surface area contributed by atoms with Crippen LogP contribution in [0.5, 0.6) is 0 Å². The van der Waals surface area contributed by atoms with Gasteiger partial charge in [0.2, 0.25) is 15.9 Å². The summed E-state index contributed by atoms with van der Waals surface area (Å²) in [5.74, 6) is -0.444. The van der Waals surface area contributed by atoms with Crippen molar-refractivity contribution in [1.82, 2.24) is 19.5 Å². The number of pyridine rings is 1. The molecule has 2 unspecified atom stereocenters. The van der Waals surface area contributed by atoms with Crippen molar-refractivity contribution in [1.29, 1.82) is 0 Å². The van der Waals surface area contributed by atoms with Crippen LogP contribution in [0, 0.1) is 0 Å². The highest BCUT2D eigenvalue weighted by molar-refractivity contribution is 7.89. The number of aryl methyl sites for hydroxylation is 1. The third-order valence-electron chi connectivity index (χ3n) is 8.81. The van der Waals surface area contributed by atoms with Gasteiger partial charge in [0.15, 0.2) is 0 Å². The second-order valence-corrected chi connectivity index (χ2v) is 13.4. The zero-order valence-corrected chi connectivity index (χ0v) is 25.9. The number of sulfonamides is 1. The topological polar surface area (TPSA) is 112 Å². The third-order valence-corrected chi connectivity index (χ3v) is 10.7. The molecule has 46 heavy (non-hydrogen) atoms. The Kier molecular flexibility index (Phi) is 7.98. The van der Waals surface area contributed by atoms with Gasteiger partial charge >= 0.3 is 6.03 Å². The first-order chi connectivity index (χ1) is 22.4. The summed E-state index contributed by atoms with van der Waals surface area (Å²) in [7, 11) is -4.18. The molecule has 1 aliphatic heterocycles. The fraction of sp³-hybridized carbons (Fsp3) is 0.194. The van der Waals surface area contributed by atoms with Crippen molar-refractivity contribution in [3.8, 4) is 11.1 Å². The van der Waals surface area contributed by atoms with E-state index in [1.807, 2.05) is 78.9 Å². The molecule has 2 atom stereocenters. The first-order valence-electron chi connectivity index (χ1n) is 15.3. The predicted molar refractivity (Wildman–Crippen MR) is 178 cm³/mol. The lowest BCUT2D eigenvalue weighted by Crippen LogP contribution is -2.62. The minimum absolute atomic E-state index is 0.0318. The average molecular weight is 632 g/mol. The van der Waals surface area contributed by atoms with Gasteiger partial charge in [-0.05, 0) is 47.7 Å². The summed E-state index contributed by atoms with van der Waals surface area (Å²) in [6.45, 7) is -0.0671. The molecule has 0 saturated carbocycles. The van der Waals surface area contributed by atoms with Crippen LogP contribution in [0.3, 0.4) is 0 Å².